The Morgan fingerprint density at radius 3 is 2.59 bits per heavy atom. The Kier molecular flexibility index (Phi) is 7.37. The van der Waals surface area contributed by atoms with E-state index >= 15 is 0 Å². The lowest BCUT2D eigenvalue weighted by atomic mass is 9.96. The smallest absolute Gasteiger partial charge is 0.407 e. The molecule has 1 N–H and O–H groups in total. The van der Waals surface area contributed by atoms with Crippen molar-refractivity contribution in [3.63, 3.8) is 0 Å². The molecule has 1 aliphatic heterocycles. The molecule has 1 saturated heterocycles. The zero-order valence-electron chi connectivity index (χ0n) is 23.1. The fourth-order valence-electron chi connectivity index (χ4n) is 5.78. The van der Waals surface area contributed by atoms with Crippen LogP contribution in [0.5, 0.6) is 0 Å². The van der Waals surface area contributed by atoms with Crippen molar-refractivity contribution < 1.29 is 9.90 Å². The van der Waals surface area contributed by atoms with Gasteiger partial charge in [0.1, 0.15) is 5.82 Å². The summed E-state index contributed by atoms with van der Waals surface area (Å²) in [5.41, 5.74) is 4.20. The normalized spacial score (nSPS) is 20.0. The lowest BCUT2D eigenvalue weighted by Gasteiger charge is -2.43. The fourth-order valence-corrected chi connectivity index (χ4v) is 6.05. The molecule has 0 saturated carbocycles. The number of aryl methyl sites for hydroxylation is 1. The molecular weight excluding hydrogens is 516 g/mol. The van der Waals surface area contributed by atoms with Crippen LogP contribution in [0.4, 0.5) is 10.6 Å². The van der Waals surface area contributed by atoms with Crippen LogP contribution in [-0.4, -0.2) is 60.8 Å². The summed E-state index contributed by atoms with van der Waals surface area (Å²) in [5.74, 6) is 0.543. The number of fused-ring (bicyclic) bond motifs is 1. The monoisotopic (exact) mass is 550 g/mol. The van der Waals surface area contributed by atoms with Gasteiger partial charge in [-0.1, -0.05) is 31.5 Å². The van der Waals surface area contributed by atoms with Crippen molar-refractivity contribution in [1.29, 1.82) is 0 Å². The average molecular weight is 551 g/mol. The summed E-state index contributed by atoms with van der Waals surface area (Å²) in [6.45, 7) is 10.6. The molecule has 9 nitrogen and oxygen atoms in total. The topological polar surface area (TPSA) is 104 Å². The number of nitrogens with zero attached hydrogens (tertiary/aromatic N) is 6. The second-order valence-corrected chi connectivity index (χ2v) is 11.4. The molecule has 206 valence electrons. The number of halogens is 1. The first-order valence-electron chi connectivity index (χ1n) is 13.6. The molecule has 4 heterocycles. The third-order valence-electron chi connectivity index (χ3n) is 7.83. The maximum Gasteiger partial charge on any atom is 0.407 e. The molecule has 1 amide bonds. The lowest BCUT2D eigenvalue weighted by molar-refractivity contribution is 0.114. The van der Waals surface area contributed by atoms with Gasteiger partial charge in [0, 0.05) is 31.4 Å². The zero-order valence-corrected chi connectivity index (χ0v) is 23.9. The number of pyridine rings is 2. The second-order valence-electron chi connectivity index (χ2n) is 11.0. The summed E-state index contributed by atoms with van der Waals surface area (Å²) in [6.07, 6.45) is 7.06. The number of allylic oxidation sites excluding steroid dienone is 2. The molecule has 2 atom stereocenters. The van der Waals surface area contributed by atoms with Gasteiger partial charge in [0.05, 0.1) is 27.5 Å². The van der Waals surface area contributed by atoms with E-state index in [0.717, 1.165) is 42.5 Å². The van der Waals surface area contributed by atoms with Crippen LogP contribution in [0, 0.1) is 6.92 Å². The minimum atomic E-state index is -0.953. The SMILES string of the molecule is Cc1ccnc(C(C)C)c1-n1c(=O)nc(N2C[C@@H](C)N(C(=O)O)C[C@@H]2C)c2cc(Cl)c(C3=CCCCC3)nc21. The summed E-state index contributed by atoms with van der Waals surface area (Å²) >= 11 is 6.89. The highest BCUT2D eigenvalue weighted by Crippen LogP contribution is 2.36. The van der Waals surface area contributed by atoms with Crippen LogP contribution >= 0.6 is 11.6 Å². The summed E-state index contributed by atoms with van der Waals surface area (Å²) in [5, 5.41) is 10.8. The summed E-state index contributed by atoms with van der Waals surface area (Å²) in [7, 11) is 0. The van der Waals surface area contributed by atoms with E-state index in [4.69, 9.17) is 16.6 Å². The molecule has 39 heavy (non-hydrogen) atoms. The Morgan fingerprint density at radius 2 is 1.92 bits per heavy atom. The third kappa shape index (κ3) is 4.88. The number of carbonyl (C=O) groups is 1. The molecule has 2 aliphatic rings. The zero-order chi connectivity index (χ0) is 28.0. The molecule has 1 aliphatic carbocycles. The standard InChI is InChI=1S/C29H35ClN6O3/c1-16(2)23-25(17(3)11-12-31-23)36-27-21(13-22(30)24(32-27)20-9-7-6-8-10-20)26(33-28(36)37)34-14-19(5)35(29(38)39)15-18(34)4/h9,11-13,16,18-19H,6-8,10,14-15H2,1-5H3,(H,38,39)/t18-,19+/m0/s1. The number of carboxylic acid groups (broad SMARTS) is 1. The first-order valence-corrected chi connectivity index (χ1v) is 14.0. The molecule has 5 rings (SSSR count). The van der Waals surface area contributed by atoms with Gasteiger partial charge in [0.2, 0.25) is 0 Å². The minimum absolute atomic E-state index is 0.0688. The Morgan fingerprint density at radius 1 is 1.15 bits per heavy atom. The molecule has 3 aromatic rings. The predicted molar refractivity (Wildman–Crippen MR) is 154 cm³/mol. The van der Waals surface area contributed by atoms with Crippen LogP contribution < -0.4 is 10.6 Å². The number of hydrogen-bond acceptors (Lipinski definition) is 6. The third-order valence-corrected chi connectivity index (χ3v) is 8.11. The largest absolute Gasteiger partial charge is 0.465 e. The van der Waals surface area contributed by atoms with Gasteiger partial charge in [0.25, 0.3) is 0 Å². The molecular formula is C29H35ClN6O3. The van der Waals surface area contributed by atoms with E-state index in [0.29, 0.717) is 46.3 Å². The molecule has 10 heteroatoms. The van der Waals surface area contributed by atoms with Crippen LogP contribution in [0.15, 0.2) is 29.2 Å². The Labute approximate surface area is 233 Å². The number of amides is 1. The van der Waals surface area contributed by atoms with Crippen molar-refractivity contribution in [3.05, 3.63) is 56.9 Å². The highest BCUT2D eigenvalue weighted by molar-refractivity contribution is 6.33. The summed E-state index contributed by atoms with van der Waals surface area (Å²) in [4.78, 5) is 43.5. The van der Waals surface area contributed by atoms with E-state index in [1.807, 2.05) is 51.7 Å². The van der Waals surface area contributed by atoms with Gasteiger partial charge >= 0.3 is 11.8 Å². The molecule has 0 radical (unpaired) electrons. The van der Waals surface area contributed by atoms with Crippen molar-refractivity contribution in [2.45, 2.75) is 78.3 Å². The van der Waals surface area contributed by atoms with Crippen LogP contribution in [0.25, 0.3) is 22.3 Å². The second kappa shape index (κ2) is 10.6. The van der Waals surface area contributed by atoms with Gasteiger partial charge in [-0.2, -0.15) is 4.98 Å². The maximum atomic E-state index is 14.0. The average Bonchev–Trinajstić information content (AvgIpc) is 2.90. The first kappa shape index (κ1) is 27.1. The van der Waals surface area contributed by atoms with Gasteiger partial charge in [-0.25, -0.2) is 19.1 Å². The molecule has 1 fully saturated rings. The molecule has 0 spiro atoms. The van der Waals surface area contributed by atoms with Crippen molar-refractivity contribution in [2.24, 2.45) is 0 Å². The molecule has 0 bridgehead atoms. The highest BCUT2D eigenvalue weighted by Gasteiger charge is 2.34. The summed E-state index contributed by atoms with van der Waals surface area (Å²) < 4.78 is 1.58. The minimum Gasteiger partial charge on any atom is -0.465 e. The summed E-state index contributed by atoms with van der Waals surface area (Å²) in [6, 6.07) is 3.28. The molecule has 0 unspecified atom stereocenters. The van der Waals surface area contributed by atoms with Crippen molar-refractivity contribution in [1.82, 2.24) is 24.4 Å². The van der Waals surface area contributed by atoms with E-state index in [1.54, 1.807) is 10.8 Å². The maximum absolute atomic E-state index is 14.0. The van der Waals surface area contributed by atoms with Gasteiger partial charge in [-0.15, -0.1) is 0 Å². The van der Waals surface area contributed by atoms with Crippen LogP contribution in [0.3, 0.4) is 0 Å². The van der Waals surface area contributed by atoms with E-state index in [9.17, 15) is 14.7 Å². The first-order chi connectivity index (χ1) is 18.6. The van der Waals surface area contributed by atoms with Crippen molar-refractivity contribution >= 4 is 40.1 Å². The Hall–Kier alpha value is -3.46. The Balaban J connectivity index is 1.81. The fraction of sp³-hybridized carbons (Fsp3) is 0.483. The van der Waals surface area contributed by atoms with E-state index in [-0.39, 0.29) is 18.0 Å². The number of aromatic nitrogens is 4. The lowest BCUT2D eigenvalue weighted by Crippen LogP contribution is -2.58. The predicted octanol–water partition coefficient (Wildman–Crippen LogP) is 5.80. The van der Waals surface area contributed by atoms with Crippen molar-refractivity contribution in [2.75, 3.05) is 18.0 Å². The van der Waals surface area contributed by atoms with Crippen molar-refractivity contribution in [3.8, 4) is 5.69 Å². The number of hydrogen-bond donors (Lipinski definition) is 1. The van der Waals surface area contributed by atoms with E-state index in [2.05, 4.69) is 16.0 Å². The van der Waals surface area contributed by atoms with Crippen LogP contribution in [0.1, 0.15) is 76.2 Å². The number of rotatable bonds is 4. The Bertz CT molecular complexity index is 1530. The van der Waals surface area contributed by atoms with Gasteiger partial charge in [-0.3, -0.25) is 4.98 Å². The van der Waals surface area contributed by atoms with Gasteiger partial charge in [0.15, 0.2) is 5.65 Å². The molecule has 3 aromatic heterocycles. The highest BCUT2D eigenvalue weighted by atomic mass is 35.5. The van der Waals surface area contributed by atoms with Gasteiger partial charge < -0.3 is 14.9 Å². The quantitative estimate of drug-likeness (QED) is 0.438. The van der Waals surface area contributed by atoms with E-state index < -0.39 is 11.8 Å². The van der Waals surface area contributed by atoms with E-state index in [1.165, 1.54) is 4.90 Å². The molecule has 0 aromatic carbocycles. The van der Waals surface area contributed by atoms with Crippen LogP contribution in [-0.2, 0) is 0 Å². The van der Waals surface area contributed by atoms with Gasteiger partial charge in [-0.05, 0) is 75.6 Å². The van der Waals surface area contributed by atoms with Crippen LogP contribution in [0.2, 0.25) is 5.02 Å². The number of anilines is 1. The number of piperazine rings is 1.